The van der Waals surface area contributed by atoms with Crippen LogP contribution in [0.25, 0.3) is 11.3 Å². The molecule has 0 bridgehead atoms. The molecular weight excluding hydrogens is 448 g/mol. The Kier molecular flexibility index (Phi) is 8.83. The number of nitrogens with zero attached hydrogens (tertiary/aromatic N) is 3. The third kappa shape index (κ3) is 6.93. The van der Waals surface area contributed by atoms with Crippen molar-refractivity contribution in [3.63, 3.8) is 0 Å². The fourth-order valence-corrected chi connectivity index (χ4v) is 3.32. The number of hydrogen-bond acceptors (Lipinski definition) is 5. The summed E-state index contributed by atoms with van der Waals surface area (Å²) in [4.78, 5) is 25.3. The van der Waals surface area contributed by atoms with E-state index < -0.39 is 23.3 Å². The summed E-state index contributed by atoms with van der Waals surface area (Å²) in [6.45, 7) is 1.56. The van der Waals surface area contributed by atoms with Crippen LogP contribution in [0.1, 0.15) is 12.0 Å². The van der Waals surface area contributed by atoms with Crippen molar-refractivity contribution in [1.82, 2.24) is 9.78 Å². The molecule has 180 valence electrons. The van der Waals surface area contributed by atoms with Crippen LogP contribution >= 0.6 is 0 Å². The highest BCUT2D eigenvalue weighted by atomic mass is 19.1. The number of ether oxygens (including phenoxy) is 2. The number of carbonyl (C=O) groups is 1. The first-order valence-corrected chi connectivity index (χ1v) is 10.6. The van der Waals surface area contributed by atoms with Crippen LogP contribution in [0.3, 0.4) is 0 Å². The van der Waals surface area contributed by atoms with Gasteiger partial charge in [0.05, 0.1) is 25.5 Å². The molecule has 0 fully saturated rings. The zero-order chi connectivity index (χ0) is 24.5. The third-order valence-electron chi connectivity index (χ3n) is 4.91. The summed E-state index contributed by atoms with van der Waals surface area (Å²) in [6.07, 6.45) is -0.618. The molecule has 0 aliphatic heterocycles. The van der Waals surface area contributed by atoms with Gasteiger partial charge in [-0.2, -0.15) is 5.10 Å². The third-order valence-corrected chi connectivity index (χ3v) is 4.91. The van der Waals surface area contributed by atoms with Crippen LogP contribution in [-0.4, -0.2) is 54.5 Å². The van der Waals surface area contributed by atoms with Gasteiger partial charge in [-0.15, -0.1) is 0 Å². The second kappa shape index (κ2) is 12.0. The monoisotopic (exact) mass is 473 g/mol. The first-order chi connectivity index (χ1) is 16.4. The summed E-state index contributed by atoms with van der Waals surface area (Å²) < 4.78 is 38.6. The largest absolute Gasteiger partial charge is 0.465 e. The second-order valence-electron chi connectivity index (χ2n) is 7.44. The average molecular weight is 473 g/mol. The lowest BCUT2D eigenvalue weighted by atomic mass is 10.1. The van der Waals surface area contributed by atoms with E-state index in [1.54, 1.807) is 31.4 Å². The lowest BCUT2D eigenvalue weighted by Gasteiger charge is -2.20. The van der Waals surface area contributed by atoms with Gasteiger partial charge in [-0.05, 0) is 42.3 Å². The van der Waals surface area contributed by atoms with Gasteiger partial charge >= 0.3 is 6.09 Å². The van der Waals surface area contributed by atoms with E-state index in [4.69, 9.17) is 9.47 Å². The molecule has 0 radical (unpaired) electrons. The van der Waals surface area contributed by atoms with Gasteiger partial charge < -0.3 is 14.6 Å². The average Bonchev–Trinajstić information content (AvgIpc) is 2.79. The molecule has 0 aliphatic carbocycles. The SMILES string of the molecule is COCCOCCCN(C(=O)O)c1cccc(Cn2nc(-c3cc(F)cc(F)c3)ccc2=O)c1. The van der Waals surface area contributed by atoms with Crippen LogP contribution in [-0.2, 0) is 16.0 Å². The molecule has 3 rings (SSSR count). The van der Waals surface area contributed by atoms with Crippen molar-refractivity contribution in [2.75, 3.05) is 38.4 Å². The van der Waals surface area contributed by atoms with E-state index in [0.29, 0.717) is 37.5 Å². The van der Waals surface area contributed by atoms with E-state index in [9.17, 15) is 23.5 Å². The predicted molar refractivity (Wildman–Crippen MR) is 122 cm³/mol. The number of halogens is 2. The van der Waals surface area contributed by atoms with Crippen molar-refractivity contribution in [3.8, 4) is 11.3 Å². The molecule has 1 N–H and O–H groups in total. The van der Waals surface area contributed by atoms with E-state index in [1.165, 1.54) is 17.0 Å². The highest BCUT2D eigenvalue weighted by Crippen LogP contribution is 2.20. The van der Waals surface area contributed by atoms with Crippen molar-refractivity contribution in [1.29, 1.82) is 0 Å². The molecule has 1 heterocycles. The first-order valence-electron chi connectivity index (χ1n) is 10.6. The summed E-state index contributed by atoms with van der Waals surface area (Å²) >= 11 is 0. The Hall–Kier alpha value is -3.63. The molecule has 0 aliphatic rings. The highest BCUT2D eigenvalue weighted by Gasteiger charge is 2.15. The fraction of sp³-hybridized carbons (Fsp3) is 0.292. The minimum atomic E-state index is -1.11. The summed E-state index contributed by atoms with van der Waals surface area (Å²) in [6, 6.07) is 12.4. The summed E-state index contributed by atoms with van der Waals surface area (Å²) in [5.41, 5.74) is 1.10. The van der Waals surface area contributed by atoms with Gasteiger partial charge in [0.25, 0.3) is 5.56 Å². The Bertz CT molecular complexity index is 1170. The van der Waals surface area contributed by atoms with Crippen LogP contribution in [0.15, 0.2) is 59.4 Å². The minimum Gasteiger partial charge on any atom is -0.465 e. The number of hydrogen-bond donors (Lipinski definition) is 1. The van der Waals surface area contributed by atoms with Crippen molar-refractivity contribution in [3.05, 3.63) is 82.1 Å². The molecule has 2 aromatic carbocycles. The van der Waals surface area contributed by atoms with Crippen LogP contribution in [0.2, 0.25) is 0 Å². The van der Waals surface area contributed by atoms with E-state index in [0.717, 1.165) is 22.9 Å². The number of benzene rings is 2. The predicted octanol–water partition coefficient (Wildman–Crippen LogP) is 3.77. The first kappa shape index (κ1) is 25.0. The van der Waals surface area contributed by atoms with Gasteiger partial charge in [0.2, 0.25) is 0 Å². The molecule has 0 spiro atoms. The quantitative estimate of drug-likeness (QED) is 0.426. The molecule has 0 unspecified atom stereocenters. The standard InChI is InChI=1S/C24H25F2N3O5/c1-33-10-11-34-9-3-8-28(24(31)32)21-5-2-4-17(12-21)16-29-23(30)7-6-22(27-29)18-13-19(25)15-20(26)14-18/h2,4-7,12-15H,3,8-11,16H2,1H3,(H,31,32). The van der Waals surface area contributed by atoms with Crippen molar-refractivity contribution >= 4 is 11.8 Å². The molecule has 1 aromatic heterocycles. The number of amides is 1. The number of carboxylic acid groups (broad SMARTS) is 1. The van der Waals surface area contributed by atoms with E-state index in [-0.39, 0.29) is 24.3 Å². The molecule has 34 heavy (non-hydrogen) atoms. The topological polar surface area (TPSA) is 93.9 Å². The Labute approximate surface area is 195 Å². The Morgan fingerprint density at radius 3 is 2.53 bits per heavy atom. The van der Waals surface area contributed by atoms with Gasteiger partial charge in [0, 0.05) is 43.6 Å². The van der Waals surface area contributed by atoms with E-state index in [2.05, 4.69) is 5.10 Å². The molecular formula is C24H25F2N3O5. The maximum atomic E-state index is 13.6. The molecule has 0 saturated heterocycles. The molecule has 1 amide bonds. The number of methoxy groups -OCH3 is 1. The van der Waals surface area contributed by atoms with Gasteiger partial charge in [-0.1, -0.05) is 12.1 Å². The zero-order valence-electron chi connectivity index (χ0n) is 18.6. The minimum absolute atomic E-state index is 0.0475. The van der Waals surface area contributed by atoms with E-state index in [1.807, 2.05) is 0 Å². The smallest absolute Gasteiger partial charge is 0.411 e. The highest BCUT2D eigenvalue weighted by molar-refractivity contribution is 5.86. The second-order valence-corrected chi connectivity index (χ2v) is 7.44. The molecule has 3 aromatic rings. The summed E-state index contributed by atoms with van der Waals surface area (Å²) in [5, 5.41) is 13.9. The molecule has 10 heteroatoms. The van der Waals surface area contributed by atoms with Crippen molar-refractivity contribution < 1.29 is 28.2 Å². The fourth-order valence-electron chi connectivity index (χ4n) is 3.32. The maximum Gasteiger partial charge on any atom is 0.411 e. The summed E-state index contributed by atoms with van der Waals surface area (Å²) in [5.74, 6) is -1.50. The Balaban J connectivity index is 1.76. The maximum absolute atomic E-state index is 13.6. The number of rotatable bonds is 11. The van der Waals surface area contributed by atoms with Gasteiger partial charge in [-0.25, -0.2) is 18.3 Å². The van der Waals surface area contributed by atoms with Crippen molar-refractivity contribution in [2.24, 2.45) is 0 Å². The number of anilines is 1. The summed E-state index contributed by atoms with van der Waals surface area (Å²) in [7, 11) is 1.57. The van der Waals surface area contributed by atoms with E-state index >= 15 is 0 Å². The van der Waals surface area contributed by atoms with Crippen LogP contribution in [0.5, 0.6) is 0 Å². The lowest BCUT2D eigenvalue weighted by Crippen LogP contribution is -2.31. The van der Waals surface area contributed by atoms with Crippen molar-refractivity contribution in [2.45, 2.75) is 13.0 Å². The normalized spacial score (nSPS) is 10.9. The Morgan fingerprint density at radius 2 is 1.82 bits per heavy atom. The lowest BCUT2D eigenvalue weighted by molar-refractivity contribution is 0.0700. The zero-order valence-corrected chi connectivity index (χ0v) is 18.6. The van der Waals surface area contributed by atoms with Gasteiger partial charge in [0.15, 0.2) is 0 Å². The van der Waals surface area contributed by atoms with Crippen LogP contribution in [0.4, 0.5) is 19.3 Å². The van der Waals surface area contributed by atoms with Gasteiger partial charge in [-0.3, -0.25) is 9.69 Å². The Morgan fingerprint density at radius 1 is 1.06 bits per heavy atom. The van der Waals surface area contributed by atoms with Gasteiger partial charge in [0.1, 0.15) is 11.6 Å². The van der Waals surface area contributed by atoms with Crippen LogP contribution < -0.4 is 10.5 Å². The molecule has 8 nitrogen and oxygen atoms in total. The number of aromatic nitrogens is 2. The molecule has 0 saturated carbocycles. The van der Waals surface area contributed by atoms with Crippen LogP contribution in [0, 0.1) is 11.6 Å². The molecule has 0 atom stereocenters.